The van der Waals surface area contributed by atoms with Crippen LogP contribution in [0.4, 0.5) is 8.78 Å². The van der Waals surface area contributed by atoms with Gasteiger partial charge in [0.05, 0.1) is 0 Å². The monoisotopic (exact) mass is 490 g/mol. The van der Waals surface area contributed by atoms with E-state index in [1.807, 2.05) is 0 Å². The predicted molar refractivity (Wildman–Crippen MR) is 102 cm³/mol. The molecule has 10 heteroatoms. The first-order chi connectivity index (χ1) is 11.5. The molecule has 2 N–H and O–H groups in total. The Balaban J connectivity index is 2.09. The van der Waals surface area contributed by atoms with E-state index in [9.17, 15) is 13.3 Å². The minimum Gasteiger partial charge on any atom is -0.320 e. The maximum Gasteiger partial charge on any atom is 0.399 e. The first-order valence-electron chi connectivity index (χ1n) is 6.76. The van der Waals surface area contributed by atoms with E-state index >= 15 is 0 Å². The summed E-state index contributed by atoms with van der Waals surface area (Å²) < 4.78 is 38.5. The summed E-state index contributed by atoms with van der Waals surface area (Å²) in [6, 6.07) is 9.01. The van der Waals surface area contributed by atoms with Crippen LogP contribution in [0.15, 0.2) is 40.9 Å². The van der Waals surface area contributed by atoms with Crippen LogP contribution in [0.1, 0.15) is 16.7 Å². The van der Waals surface area contributed by atoms with E-state index < -0.39 is 18.8 Å². The second kappa shape index (κ2) is 8.26. The van der Waals surface area contributed by atoms with Crippen molar-refractivity contribution in [1.29, 1.82) is 0 Å². The van der Waals surface area contributed by atoms with Crippen LogP contribution < -0.4 is 0 Å². The summed E-state index contributed by atoms with van der Waals surface area (Å²) in [4.78, 5) is 17.6. The maximum atomic E-state index is 13.8. The molecule has 0 aliphatic carbocycles. The highest BCUT2D eigenvalue weighted by Gasteiger charge is 2.51. The van der Waals surface area contributed by atoms with Crippen molar-refractivity contribution in [3.8, 4) is 0 Å². The van der Waals surface area contributed by atoms with Gasteiger partial charge in [-0.3, -0.25) is 4.57 Å². The lowest BCUT2D eigenvalue weighted by Crippen LogP contribution is -2.14. The summed E-state index contributed by atoms with van der Waals surface area (Å²) in [5.74, 6) is 1.08. The van der Waals surface area contributed by atoms with Crippen LogP contribution in [0, 0.1) is 0 Å². The van der Waals surface area contributed by atoms with E-state index in [-0.39, 0.29) is 4.47 Å². The van der Waals surface area contributed by atoms with Gasteiger partial charge in [-0.15, -0.1) is 0 Å². The van der Waals surface area contributed by atoms with Gasteiger partial charge in [-0.2, -0.15) is 20.5 Å². The van der Waals surface area contributed by atoms with Gasteiger partial charge in [-0.05, 0) is 35.4 Å². The smallest absolute Gasteiger partial charge is 0.320 e. The number of thioether (sulfide) groups is 1. The van der Waals surface area contributed by atoms with Crippen molar-refractivity contribution >= 4 is 58.5 Å². The molecule has 25 heavy (non-hydrogen) atoms. The molecule has 0 saturated heterocycles. The molecule has 2 rings (SSSR count). The van der Waals surface area contributed by atoms with Gasteiger partial charge in [-0.1, -0.05) is 51.3 Å². The summed E-state index contributed by atoms with van der Waals surface area (Å²) in [7, 11) is -5.60. The van der Waals surface area contributed by atoms with E-state index in [0.717, 1.165) is 17.2 Å². The number of alkyl halides is 2. The summed E-state index contributed by atoms with van der Waals surface area (Å²) in [6.45, 7) is 0. The number of hydrogen-bond acceptors (Lipinski definition) is 2. The molecular formula is C15H12BrCl2F2O3PS. The first kappa shape index (κ1) is 21.2. The minimum atomic E-state index is -5.60. The topological polar surface area (TPSA) is 57.5 Å². The van der Waals surface area contributed by atoms with Crippen molar-refractivity contribution in [2.75, 3.05) is 0 Å². The summed E-state index contributed by atoms with van der Waals surface area (Å²) >= 11 is 16.5. The number of rotatable bonds is 6. The average molecular weight is 492 g/mol. The molecule has 0 spiro atoms. The van der Waals surface area contributed by atoms with Crippen LogP contribution in [-0.4, -0.2) is 9.79 Å². The van der Waals surface area contributed by atoms with Gasteiger partial charge < -0.3 is 9.79 Å². The number of halogens is 5. The number of benzene rings is 2. The molecule has 0 heterocycles. The van der Waals surface area contributed by atoms with Gasteiger partial charge in [0.1, 0.15) is 0 Å². The molecule has 0 amide bonds. The average Bonchev–Trinajstić information content (AvgIpc) is 2.49. The molecule has 0 atom stereocenters. The zero-order chi connectivity index (χ0) is 18.8. The molecule has 0 aromatic heterocycles. The molecule has 0 radical (unpaired) electrons. The van der Waals surface area contributed by atoms with Crippen LogP contribution in [-0.2, 0) is 21.7 Å². The third kappa shape index (κ3) is 5.19. The Morgan fingerprint density at radius 1 is 1.12 bits per heavy atom. The van der Waals surface area contributed by atoms with E-state index in [1.165, 1.54) is 23.9 Å². The minimum absolute atomic E-state index is 0.0558. The molecule has 0 aliphatic heterocycles. The van der Waals surface area contributed by atoms with Gasteiger partial charge in [0.15, 0.2) is 0 Å². The Kier molecular flexibility index (Phi) is 6.99. The Bertz CT molecular complexity index is 832. The summed E-state index contributed by atoms with van der Waals surface area (Å²) in [6.07, 6.45) is 0. The molecule has 0 unspecified atom stereocenters. The van der Waals surface area contributed by atoms with Gasteiger partial charge in [0.2, 0.25) is 0 Å². The lowest BCUT2D eigenvalue weighted by atomic mass is 10.1. The van der Waals surface area contributed by atoms with Crippen molar-refractivity contribution in [1.82, 2.24) is 0 Å². The molecular weight excluding hydrogens is 480 g/mol. The van der Waals surface area contributed by atoms with Crippen LogP contribution >= 0.6 is 58.5 Å². The zero-order valence-electron chi connectivity index (χ0n) is 12.4. The van der Waals surface area contributed by atoms with Crippen LogP contribution in [0.2, 0.25) is 10.0 Å². The van der Waals surface area contributed by atoms with Crippen LogP contribution in [0.5, 0.6) is 0 Å². The van der Waals surface area contributed by atoms with Crippen molar-refractivity contribution in [3.05, 3.63) is 67.6 Å². The quantitative estimate of drug-likeness (QED) is 0.458. The Hall–Kier alpha value is -0.140. The zero-order valence-corrected chi connectivity index (χ0v) is 17.2. The van der Waals surface area contributed by atoms with Crippen molar-refractivity contribution in [3.63, 3.8) is 0 Å². The highest BCUT2D eigenvalue weighted by Crippen LogP contribution is 2.60. The Morgan fingerprint density at radius 2 is 1.80 bits per heavy atom. The van der Waals surface area contributed by atoms with Gasteiger partial charge in [0, 0.05) is 31.6 Å². The second-order valence-electron chi connectivity index (χ2n) is 5.13. The van der Waals surface area contributed by atoms with Gasteiger partial charge >= 0.3 is 13.3 Å². The lowest BCUT2D eigenvalue weighted by molar-refractivity contribution is 0.0557. The second-order valence-corrected chi connectivity index (χ2v) is 9.46. The molecule has 2 aromatic carbocycles. The third-order valence-corrected chi connectivity index (χ3v) is 6.54. The lowest BCUT2D eigenvalue weighted by Gasteiger charge is -2.19. The molecule has 0 bridgehead atoms. The molecule has 0 fully saturated rings. The first-order valence-corrected chi connectivity index (χ1v) is 11.1. The molecule has 136 valence electrons. The van der Waals surface area contributed by atoms with Crippen molar-refractivity contribution < 1.29 is 23.1 Å². The predicted octanol–water partition coefficient (Wildman–Crippen LogP) is 6.42. The molecule has 2 aromatic rings. The van der Waals surface area contributed by atoms with Crippen LogP contribution in [0.25, 0.3) is 0 Å². The van der Waals surface area contributed by atoms with E-state index in [0.29, 0.717) is 21.6 Å². The van der Waals surface area contributed by atoms with E-state index in [1.54, 1.807) is 18.2 Å². The standard InChI is InChI=1S/C15H12BrCl2F2O3PS/c16-13-5-9(1-3-12(13)15(19,20)24(21,22)23)7-25-8-10-6-11(17)2-4-14(10)18/h1-6H,7-8H2,(H2,21,22,23). The normalized spacial score (nSPS) is 12.4. The Morgan fingerprint density at radius 3 is 2.40 bits per heavy atom. The highest BCUT2D eigenvalue weighted by molar-refractivity contribution is 9.10. The number of hydrogen-bond donors (Lipinski definition) is 2. The van der Waals surface area contributed by atoms with Crippen molar-refractivity contribution in [2.24, 2.45) is 0 Å². The van der Waals surface area contributed by atoms with Crippen molar-refractivity contribution in [2.45, 2.75) is 17.2 Å². The summed E-state index contributed by atoms with van der Waals surface area (Å²) in [5.41, 5.74) is -3.40. The van der Waals surface area contributed by atoms with Gasteiger partial charge in [0.25, 0.3) is 0 Å². The third-order valence-electron chi connectivity index (χ3n) is 3.26. The van der Waals surface area contributed by atoms with Crippen LogP contribution in [0.3, 0.4) is 0 Å². The SMILES string of the molecule is O=P(O)(O)C(F)(F)c1ccc(CSCc2cc(Cl)ccc2Cl)cc1Br. The fourth-order valence-electron chi connectivity index (χ4n) is 1.98. The van der Waals surface area contributed by atoms with Gasteiger partial charge in [-0.25, -0.2) is 0 Å². The Labute approximate surface area is 166 Å². The highest BCUT2D eigenvalue weighted by atomic mass is 79.9. The molecule has 0 saturated carbocycles. The van der Waals surface area contributed by atoms with E-state index in [4.69, 9.17) is 33.0 Å². The molecule has 0 aliphatic rings. The largest absolute Gasteiger partial charge is 0.399 e. The summed E-state index contributed by atoms with van der Waals surface area (Å²) in [5, 5.41) is 1.17. The van der Waals surface area contributed by atoms with E-state index in [2.05, 4.69) is 15.9 Å². The fraction of sp³-hybridized carbons (Fsp3) is 0.200. The fourth-order valence-corrected chi connectivity index (χ4v) is 4.75. The molecule has 3 nitrogen and oxygen atoms in total. The maximum absolute atomic E-state index is 13.8.